The minimum Gasteiger partial charge on any atom is -0.368 e. The fraction of sp³-hybridized carbons (Fsp3) is 0.636. The fourth-order valence-corrected chi connectivity index (χ4v) is 4.80. The summed E-state index contributed by atoms with van der Waals surface area (Å²) in [6.07, 6.45) is 6.36. The summed E-state index contributed by atoms with van der Waals surface area (Å²) in [7, 11) is 0. The summed E-state index contributed by atoms with van der Waals surface area (Å²) in [5.41, 5.74) is 1.36. The van der Waals surface area contributed by atoms with Crippen molar-refractivity contribution in [1.82, 2.24) is 9.80 Å². The van der Waals surface area contributed by atoms with Gasteiger partial charge in [-0.2, -0.15) is 0 Å². The van der Waals surface area contributed by atoms with E-state index < -0.39 is 0 Å². The van der Waals surface area contributed by atoms with E-state index in [1.807, 2.05) is 28.0 Å². The second-order valence-electron chi connectivity index (χ2n) is 8.42. The van der Waals surface area contributed by atoms with Gasteiger partial charge in [-0.1, -0.05) is 30.3 Å². The van der Waals surface area contributed by atoms with Crippen LogP contribution in [0.25, 0.3) is 0 Å². The maximum Gasteiger partial charge on any atom is 0.251 e. The number of piperidine rings is 2. The van der Waals surface area contributed by atoms with Crippen LogP contribution in [0.5, 0.6) is 0 Å². The van der Waals surface area contributed by atoms with Crippen LogP contribution in [0.2, 0.25) is 0 Å². The lowest BCUT2D eigenvalue weighted by atomic mass is 9.72. The molecule has 0 radical (unpaired) electrons. The van der Waals surface area contributed by atoms with Crippen molar-refractivity contribution in [2.24, 2.45) is 5.41 Å². The van der Waals surface area contributed by atoms with Crippen LogP contribution in [0.15, 0.2) is 30.3 Å². The van der Waals surface area contributed by atoms with Gasteiger partial charge in [0.2, 0.25) is 5.91 Å². The van der Waals surface area contributed by atoms with Crippen LogP contribution in [-0.2, 0) is 20.9 Å². The Labute approximate surface area is 161 Å². The highest BCUT2D eigenvalue weighted by atomic mass is 16.5. The molecule has 0 aliphatic carbocycles. The third-order valence-corrected chi connectivity index (χ3v) is 6.56. The SMILES string of the molecule is O=C1CCC2(CCN(C(=O)C3CCCCO3)CC2)CN1Cc1ccccc1. The van der Waals surface area contributed by atoms with E-state index in [-0.39, 0.29) is 23.3 Å². The molecule has 1 atom stereocenters. The molecule has 3 aliphatic rings. The third-order valence-electron chi connectivity index (χ3n) is 6.56. The van der Waals surface area contributed by atoms with Gasteiger partial charge in [0.05, 0.1) is 0 Å². The number of likely N-dealkylation sites (tertiary alicyclic amines) is 2. The molecule has 0 N–H and O–H groups in total. The summed E-state index contributed by atoms with van der Waals surface area (Å²) in [6.45, 7) is 3.82. The first-order valence-corrected chi connectivity index (χ1v) is 10.4. The molecule has 0 saturated carbocycles. The molecule has 5 heteroatoms. The molecule has 27 heavy (non-hydrogen) atoms. The predicted octanol–water partition coefficient (Wildman–Crippen LogP) is 2.99. The Morgan fingerprint density at radius 2 is 1.89 bits per heavy atom. The lowest BCUT2D eigenvalue weighted by Crippen LogP contribution is -2.53. The molecule has 1 aromatic carbocycles. The van der Waals surface area contributed by atoms with Crippen molar-refractivity contribution in [2.75, 3.05) is 26.2 Å². The van der Waals surface area contributed by atoms with E-state index in [9.17, 15) is 9.59 Å². The zero-order chi connectivity index (χ0) is 18.7. The molecule has 0 aromatic heterocycles. The Bertz CT molecular complexity index is 661. The normalized spacial score (nSPS) is 25.6. The van der Waals surface area contributed by atoms with Crippen molar-refractivity contribution >= 4 is 11.8 Å². The van der Waals surface area contributed by atoms with Gasteiger partial charge in [0.1, 0.15) is 6.10 Å². The molecule has 3 fully saturated rings. The van der Waals surface area contributed by atoms with Crippen LogP contribution in [0.3, 0.4) is 0 Å². The first kappa shape index (κ1) is 18.5. The fourth-order valence-electron chi connectivity index (χ4n) is 4.80. The summed E-state index contributed by atoms with van der Waals surface area (Å²) < 4.78 is 5.68. The summed E-state index contributed by atoms with van der Waals surface area (Å²) in [6, 6.07) is 10.2. The van der Waals surface area contributed by atoms with Gasteiger partial charge in [-0.3, -0.25) is 9.59 Å². The van der Waals surface area contributed by atoms with Crippen molar-refractivity contribution in [3.8, 4) is 0 Å². The Kier molecular flexibility index (Phi) is 5.48. The maximum atomic E-state index is 12.7. The topological polar surface area (TPSA) is 49.9 Å². The second kappa shape index (κ2) is 8.01. The summed E-state index contributed by atoms with van der Waals surface area (Å²) >= 11 is 0. The van der Waals surface area contributed by atoms with Gasteiger partial charge >= 0.3 is 0 Å². The lowest BCUT2D eigenvalue weighted by molar-refractivity contribution is -0.151. The number of rotatable bonds is 3. The van der Waals surface area contributed by atoms with E-state index in [4.69, 9.17) is 4.74 Å². The molecule has 2 amide bonds. The molecule has 1 spiro atoms. The van der Waals surface area contributed by atoms with Crippen molar-refractivity contribution in [3.05, 3.63) is 35.9 Å². The highest BCUT2D eigenvalue weighted by Crippen LogP contribution is 2.41. The molecule has 3 heterocycles. The molecule has 1 unspecified atom stereocenters. The molecule has 4 rings (SSSR count). The summed E-state index contributed by atoms with van der Waals surface area (Å²) in [5, 5.41) is 0. The molecule has 3 aliphatic heterocycles. The van der Waals surface area contributed by atoms with E-state index >= 15 is 0 Å². The number of benzene rings is 1. The highest BCUT2D eigenvalue weighted by Gasteiger charge is 2.42. The number of hydrogen-bond donors (Lipinski definition) is 0. The smallest absolute Gasteiger partial charge is 0.251 e. The van der Waals surface area contributed by atoms with Gasteiger partial charge in [0.25, 0.3) is 5.91 Å². The van der Waals surface area contributed by atoms with Crippen LogP contribution in [0, 0.1) is 5.41 Å². The monoisotopic (exact) mass is 370 g/mol. The van der Waals surface area contributed by atoms with E-state index in [2.05, 4.69) is 12.1 Å². The third kappa shape index (κ3) is 4.18. The Hall–Kier alpha value is -1.88. The van der Waals surface area contributed by atoms with E-state index in [1.165, 1.54) is 5.56 Å². The Balaban J connectivity index is 1.35. The second-order valence-corrected chi connectivity index (χ2v) is 8.42. The van der Waals surface area contributed by atoms with Crippen LogP contribution >= 0.6 is 0 Å². The molecule has 3 saturated heterocycles. The quantitative estimate of drug-likeness (QED) is 0.822. The van der Waals surface area contributed by atoms with Crippen LogP contribution in [0.1, 0.15) is 50.5 Å². The van der Waals surface area contributed by atoms with Crippen LogP contribution in [0.4, 0.5) is 0 Å². The predicted molar refractivity (Wildman–Crippen MR) is 103 cm³/mol. The van der Waals surface area contributed by atoms with E-state index in [0.717, 1.165) is 58.2 Å². The minimum absolute atomic E-state index is 0.174. The zero-order valence-electron chi connectivity index (χ0n) is 16.1. The Morgan fingerprint density at radius 1 is 1.11 bits per heavy atom. The molecular weight excluding hydrogens is 340 g/mol. The first-order chi connectivity index (χ1) is 13.2. The molecule has 5 nitrogen and oxygen atoms in total. The van der Waals surface area contributed by atoms with Crippen LogP contribution in [-0.4, -0.2) is 54.0 Å². The average molecular weight is 370 g/mol. The number of hydrogen-bond acceptors (Lipinski definition) is 3. The first-order valence-electron chi connectivity index (χ1n) is 10.4. The largest absolute Gasteiger partial charge is 0.368 e. The van der Waals surface area contributed by atoms with Gasteiger partial charge in [-0.15, -0.1) is 0 Å². The van der Waals surface area contributed by atoms with Crippen molar-refractivity contribution in [1.29, 1.82) is 0 Å². The van der Waals surface area contributed by atoms with Gasteiger partial charge in [-0.25, -0.2) is 0 Å². The number of ether oxygens (including phenoxy) is 1. The number of nitrogens with zero attached hydrogens (tertiary/aromatic N) is 2. The number of amides is 2. The zero-order valence-corrected chi connectivity index (χ0v) is 16.1. The maximum absolute atomic E-state index is 12.7. The molecule has 146 valence electrons. The van der Waals surface area contributed by atoms with Gasteiger partial charge in [0.15, 0.2) is 0 Å². The standard InChI is InChI=1S/C22H30N2O3/c25-20-9-10-22(17-24(20)16-18-6-2-1-3-7-18)11-13-23(14-12-22)21(26)19-8-4-5-15-27-19/h1-3,6-7,19H,4-5,8-17H2. The van der Waals surface area contributed by atoms with Gasteiger partial charge < -0.3 is 14.5 Å². The molecule has 1 aromatic rings. The number of carbonyl (C=O) groups excluding carboxylic acids is 2. The lowest BCUT2D eigenvalue weighted by Gasteiger charge is -2.48. The molecule has 0 bridgehead atoms. The number of carbonyl (C=O) groups is 2. The van der Waals surface area contributed by atoms with Gasteiger partial charge in [0, 0.05) is 39.2 Å². The average Bonchev–Trinajstić information content (AvgIpc) is 2.72. The minimum atomic E-state index is -0.227. The summed E-state index contributed by atoms with van der Waals surface area (Å²) in [4.78, 5) is 29.2. The molecular formula is C22H30N2O3. The van der Waals surface area contributed by atoms with E-state index in [0.29, 0.717) is 19.6 Å². The Morgan fingerprint density at radius 3 is 2.59 bits per heavy atom. The summed E-state index contributed by atoms with van der Waals surface area (Å²) in [5.74, 6) is 0.441. The van der Waals surface area contributed by atoms with E-state index in [1.54, 1.807) is 0 Å². The van der Waals surface area contributed by atoms with Crippen molar-refractivity contribution in [2.45, 2.75) is 57.6 Å². The van der Waals surface area contributed by atoms with Gasteiger partial charge in [-0.05, 0) is 49.5 Å². The van der Waals surface area contributed by atoms with Crippen molar-refractivity contribution < 1.29 is 14.3 Å². The highest BCUT2D eigenvalue weighted by molar-refractivity contribution is 5.81. The van der Waals surface area contributed by atoms with Crippen LogP contribution < -0.4 is 0 Å². The van der Waals surface area contributed by atoms with Crippen molar-refractivity contribution in [3.63, 3.8) is 0 Å².